The van der Waals surface area contributed by atoms with E-state index in [2.05, 4.69) is 0 Å². The predicted octanol–water partition coefficient (Wildman–Crippen LogP) is 3.45. The van der Waals surface area contributed by atoms with Crippen molar-refractivity contribution in [2.45, 2.75) is 17.5 Å². The SMILES string of the molecule is O=C(CCNS(=O)(=O)c1cccc(C(F)(F)F)c1)OCC(=O)c1ccc(Cl)cc1. The first-order valence-corrected chi connectivity index (χ1v) is 9.96. The maximum atomic E-state index is 12.7. The Morgan fingerprint density at radius 3 is 2.34 bits per heavy atom. The minimum absolute atomic E-state index is 0.285. The molecule has 2 aromatic rings. The molecule has 0 aliphatic carbocycles. The summed E-state index contributed by atoms with van der Waals surface area (Å²) in [6.07, 6.45) is -5.10. The number of esters is 1. The first-order valence-electron chi connectivity index (χ1n) is 8.10. The van der Waals surface area contributed by atoms with E-state index in [1.165, 1.54) is 24.3 Å². The Morgan fingerprint density at radius 2 is 1.72 bits per heavy atom. The summed E-state index contributed by atoms with van der Waals surface area (Å²) in [6.45, 7) is -0.951. The van der Waals surface area contributed by atoms with Gasteiger partial charge in [0.05, 0.1) is 16.9 Å². The van der Waals surface area contributed by atoms with Gasteiger partial charge in [0.15, 0.2) is 12.4 Å². The lowest BCUT2D eigenvalue weighted by Gasteiger charge is -2.10. The van der Waals surface area contributed by atoms with Crippen molar-refractivity contribution in [1.29, 1.82) is 0 Å². The summed E-state index contributed by atoms with van der Waals surface area (Å²) in [6, 6.07) is 9.12. The van der Waals surface area contributed by atoms with Crippen LogP contribution in [-0.4, -0.2) is 33.3 Å². The van der Waals surface area contributed by atoms with Gasteiger partial charge in [-0.25, -0.2) is 13.1 Å². The van der Waals surface area contributed by atoms with Gasteiger partial charge in [0.25, 0.3) is 0 Å². The van der Waals surface area contributed by atoms with Gasteiger partial charge in [0.1, 0.15) is 0 Å². The summed E-state index contributed by atoms with van der Waals surface area (Å²) in [4.78, 5) is 22.9. The third-order valence-corrected chi connectivity index (χ3v) is 5.33. The standard InChI is InChI=1S/C18H15ClF3NO5S/c19-14-6-4-12(5-7-14)16(24)11-28-17(25)8-9-23-29(26,27)15-3-1-2-13(10-15)18(20,21)22/h1-7,10,23H,8-9,11H2. The molecule has 0 atom stereocenters. The molecule has 2 rings (SSSR count). The molecule has 0 saturated heterocycles. The highest BCUT2D eigenvalue weighted by atomic mass is 35.5. The molecule has 0 aliphatic heterocycles. The molecule has 0 aliphatic rings. The van der Waals surface area contributed by atoms with E-state index < -0.39 is 58.0 Å². The Kier molecular flexibility index (Phi) is 7.39. The molecular formula is C18H15ClF3NO5S. The molecule has 2 aromatic carbocycles. The van der Waals surface area contributed by atoms with E-state index in [1.807, 2.05) is 4.72 Å². The van der Waals surface area contributed by atoms with Gasteiger partial charge >= 0.3 is 12.1 Å². The number of hydrogen-bond acceptors (Lipinski definition) is 5. The zero-order valence-corrected chi connectivity index (χ0v) is 16.3. The fourth-order valence-corrected chi connectivity index (χ4v) is 3.35. The minimum atomic E-state index is -4.69. The van der Waals surface area contributed by atoms with E-state index in [4.69, 9.17) is 16.3 Å². The maximum Gasteiger partial charge on any atom is 0.416 e. The Balaban J connectivity index is 1.84. The number of sulfonamides is 1. The van der Waals surface area contributed by atoms with Crippen LogP contribution in [0.2, 0.25) is 5.02 Å². The fourth-order valence-electron chi connectivity index (χ4n) is 2.15. The van der Waals surface area contributed by atoms with Gasteiger partial charge in [-0.05, 0) is 42.5 Å². The molecule has 6 nitrogen and oxygen atoms in total. The Hall–Kier alpha value is -2.43. The van der Waals surface area contributed by atoms with E-state index in [1.54, 1.807) is 0 Å². The largest absolute Gasteiger partial charge is 0.457 e. The number of nitrogens with one attached hydrogen (secondary N) is 1. The molecule has 156 valence electrons. The van der Waals surface area contributed by atoms with Crippen molar-refractivity contribution in [3.8, 4) is 0 Å². The van der Waals surface area contributed by atoms with Crippen molar-refractivity contribution in [1.82, 2.24) is 4.72 Å². The Morgan fingerprint density at radius 1 is 1.07 bits per heavy atom. The molecule has 0 aromatic heterocycles. The van der Waals surface area contributed by atoms with Crippen molar-refractivity contribution in [3.63, 3.8) is 0 Å². The number of ether oxygens (including phenoxy) is 1. The molecule has 0 radical (unpaired) electrons. The molecule has 0 unspecified atom stereocenters. The van der Waals surface area contributed by atoms with Gasteiger partial charge in [-0.3, -0.25) is 9.59 Å². The molecule has 0 spiro atoms. The van der Waals surface area contributed by atoms with Crippen LogP contribution in [0.25, 0.3) is 0 Å². The zero-order valence-electron chi connectivity index (χ0n) is 14.7. The number of benzene rings is 2. The topological polar surface area (TPSA) is 89.5 Å². The highest BCUT2D eigenvalue weighted by Gasteiger charge is 2.31. The van der Waals surface area contributed by atoms with E-state index in [0.717, 1.165) is 18.2 Å². The molecule has 11 heteroatoms. The molecule has 1 N–H and O–H groups in total. The van der Waals surface area contributed by atoms with Gasteiger partial charge in [-0.15, -0.1) is 0 Å². The molecule has 0 bridgehead atoms. The second-order valence-corrected chi connectivity index (χ2v) is 7.97. The fraction of sp³-hybridized carbons (Fsp3) is 0.222. The van der Waals surface area contributed by atoms with Crippen LogP contribution in [0.1, 0.15) is 22.3 Å². The first-order chi connectivity index (χ1) is 13.5. The molecule has 0 fully saturated rings. The average Bonchev–Trinajstić information content (AvgIpc) is 2.66. The third kappa shape index (κ3) is 6.84. The van der Waals surface area contributed by atoms with Crippen molar-refractivity contribution >= 4 is 33.4 Å². The van der Waals surface area contributed by atoms with Crippen LogP contribution in [0.15, 0.2) is 53.4 Å². The quantitative estimate of drug-likeness (QED) is 0.492. The van der Waals surface area contributed by atoms with Crippen molar-refractivity contribution in [3.05, 3.63) is 64.7 Å². The van der Waals surface area contributed by atoms with Crippen LogP contribution in [0.4, 0.5) is 13.2 Å². The van der Waals surface area contributed by atoms with Crippen LogP contribution in [-0.2, 0) is 25.7 Å². The number of hydrogen-bond donors (Lipinski definition) is 1. The highest BCUT2D eigenvalue weighted by molar-refractivity contribution is 7.89. The number of Topliss-reactive ketones (excluding diaryl/α,β-unsaturated/α-hetero) is 1. The second kappa shape index (κ2) is 9.38. The van der Waals surface area contributed by atoms with E-state index in [0.29, 0.717) is 11.1 Å². The number of rotatable bonds is 8. The molecule has 0 heterocycles. The predicted molar refractivity (Wildman–Crippen MR) is 98.0 cm³/mol. The van der Waals surface area contributed by atoms with Crippen LogP contribution < -0.4 is 4.72 Å². The van der Waals surface area contributed by atoms with Crippen LogP contribution >= 0.6 is 11.6 Å². The minimum Gasteiger partial charge on any atom is -0.457 e. The molecular weight excluding hydrogens is 435 g/mol. The highest BCUT2D eigenvalue weighted by Crippen LogP contribution is 2.30. The summed E-state index contributed by atoms with van der Waals surface area (Å²) in [5, 5.41) is 0.437. The maximum absolute atomic E-state index is 12.7. The van der Waals surface area contributed by atoms with E-state index in [-0.39, 0.29) is 5.56 Å². The molecule has 0 saturated carbocycles. The van der Waals surface area contributed by atoms with Crippen LogP contribution in [0.3, 0.4) is 0 Å². The third-order valence-electron chi connectivity index (χ3n) is 3.62. The molecule has 29 heavy (non-hydrogen) atoms. The number of alkyl halides is 3. The van der Waals surface area contributed by atoms with E-state index >= 15 is 0 Å². The summed E-state index contributed by atoms with van der Waals surface area (Å²) in [7, 11) is -4.25. The van der Waals surface area contributed by atoms with Crippen LogP contribution in [0, 0.1) is 0 Å². The van der Waals surface area contributed by atoms with Gasteiger partial charge in [0, 0.05) is 17.1 Å². The van der Waals surface area contributed by atoms with Crippen LogP contribution in [0.5, 0.6) is 0 Å². The zero-order chi connectivity index (χ0) is 21.7. The Bertz CT molecular complexity index is 991. The summed E-state index contributed by atoms with van der Waals surface area (Å²) in [5.41, 5.74) is -0.826. The van der Waals surface area contributed by atoms with Crippen molar-refractivity contribution < 1.29 is 35.9 Å². The summed E-state index contributed by atoms with van der Waals surface area (Å²) in [5.74, 6) is -1.32. The lowest BCUT2D eigenvalue weighted by Crippen LogP contribution is -2.27. The van der Waals surface area contributed by atoms with E-state index in [9.17, 15) is 31.2 Å². The number of carbonyl (C=O) groups excluding carboxylic acids is 2. The normalized spacial score (nSPS) is 11.9. The lowest BCUT2D eigenvalue weighted by atomic mass is 10.1. The average molecular weight is 450 g/mol. The summed E-state index contributed by atoms with van der Waals surface area (Å²) >= 11 is 5.70. The second-order valence-electron chi connectivity index (χ2n) is 5.76. The number of carbonyl (C=O) groups is 2. The smallest absolute Gasteiger partial charge is 0.416 e. The van der Waals surface area contributed by atoms with Gasteiger partial charge in [0.2, 0.25) is 10.0 Å². The number of halogens is 4. The lowest BCUT2D eigenvalue weighted by molar-refractivity contribution is -0.142. The number of ketones is 1. The van der Waals surface area contributed by atoms with Crippen molar-refractivity contribution in [2.75, 3.05) is 13.2 Å². The molecule has 0 amide bonds. The van der Waals surface area contributed by atoms with Gasteiger partial charge in [-0.2, -0.15) is 13.2 Å². The van der Waals surface area contributed by atoms with Crippen molar-refractivity contribution in [2.24, 2.45) is 0 Å². The summed E-state index contributed by atoms with van der Waals surface area (Å²) < 4.78 is 69.0. The van der Waals surface area contributed by atoms with Gasteiger partial charge < -0.3 is 4.74 Å². The first kappa shape index (κ1) is 22.9. The van der Waals surface area contributed by atoms with Gasteiger partial charge in [-0.1, -0.05) is 17.7 Å². The monoisotopic (exact) mass is 449 g/mol. The Labute approximate surface area is 169 Å².